The van der Waals surface area contributed by atoms with E-state index in [1.54, 1.807) is 24.3 Å². The molecule has 0 atom stereocenters. The van der Waals surface area contributed by atoms with Crippen molar-refractivity contribution in [3.05, 3.63) is 35.4 Å². The van der Waals surface area contributed by atoms with Crippen molar-refractivity contribution in [3.63, 3.8) is 0 Å². The topological polar surface area (TPSA) is 86.7 Å². The van der Waals surface area contributed by atoms with E-state index < -0.39 is 15.9 Å². The summed E-state index contributed by atoms with van der Waals surface area (Å²) in [7, 11) is -0.460. The first-order chi connectivity index (χ1) is 9.88. The number of rotatable bonds is 5. The SMILES string of the molecule is CN(C)S(=O)(=O)CCNC(=O)c1ccccc1C#CCO. The molecule has 21 heavy (non-hydrogen) atoms. The molecule has 0 fully saturated rings. The molecule has 6 nitrogen and oxygen atoms in total. The van der Waals surface area contributed by atoms with Crippen LogP contribution in [0.2, 0.25) is 0 Å². The van der Waals surface area contributed by atoms with E-state index in [0.29, 0.717) is 11.1 Å². The third kappa shape index (κ3) is 5.19. The normalized spacial score (nSPS) is 10.9. The van der Waals surface area contributed by atoms with Crippen LogP contribution in [0.25, 0.3) is 0 Å². The second-order valence-corrected chi connectivity index (χ2v) is 6.66. The summed E-state index contributed by atoms with van der Waals surface area (Å²) in [5, 5.41) is 11.2. The minimum Gasteiger partial charge on any atom is -0.384 e. The molecular formula is C14H18N2O4S. The molecule has 1 amide bonds. The third-order valence-corrected chi connectivity index (χ3v) is 4.51. The van der Waals surface area contributed by atoms with Crippen molar-refractivity contribution >= 4 is 15.9 Å². The van der Waals surface area contributed by atoms with Gasteiger partial charge in [-0.1, -0.05) is 24.0 Å². The summed E-state index contributed by atoms with van der Waals surface area (Å²) >= 11 is 0. The quantitative estimate of drug-likeness (QED) is 0.728. The number of aliphatic hydroxyl groups excluding tert-OH is 1. The van der Waals surface area contributed by atoms with Crippen molar-refractivity contribution < 1.29 is 18.3 Å². The first kappa shape index (κ1) is 17.2. The molecule has 0 saturated carbocycles. The van der Waals surface area contributed by atoms with Crippen molar-refractivity contribution in [2.45, 2.75) is 0 Å². The molecular weight excluding hydrogens is 292 g/mol. The lowest BCUT2D eigenvalue weighted by Gasteiger charge is -2.12. The number of benzene rings is 1. The molecule has 0 heterocycles. The zero-order chi connectivity index (χ0) is 15.9. The molecule has 0 aromatic heterocycles. The van der Waals surface area contributed by atoms with Crippen LogP contribution in [0.1, 0.15) is 15.9 Å². The third-order valence-electron chi connectivity index (χ3n) is 2.68. The Morgan fingerprint density at radius 3 is 2.62 bits per heavy atom. The molecule has 1 rings (SSSR count). The van der Waals surface area contributed by atoms with Crippen LogP contribution >= 0.6 is 0 Å². The fourth-order valence-electron chi connectivity index (χ4n) is 1.50. The number of hydrogen-bond acceptors (Lipinski definition) is 4. The van der Waals surface area contributed by atoms with Crippen molar-refractivity contribution in [3.8, 4) is 11.8 Å². The number of carbonyl (C=O) groups is 1. The molecule has 0 unspecified atom stereocenters. The van der Waals surface area contributed by atoms with E-state index in [4.69, 9.17) is 5.11 Å². The molecule has 0 aliphatic heterocycles. The minimum atomic E-state index is -3.34. The molecule has 0 saturated heterocycles. The van der Waals surface area contributed by atoms with Gasteiger partial charge in [-0.2, -0.15) is 0 Å². The van der Waals surface area contributed by atoms with Gasteiger partial charge in [-0.25, -0.2) is 12.7 Å². The van der Waals surface area contributed by atoms with Crippen LogP contribution in [0, 0.1) is 11.8 Å². The van der Waals surface area contributed by atoms with Gasteiger partial charge < -0.3 is 10.4 Å². The highest BCUT2D eigenvalue weighted by Crippen LogP contribution is 2.07. The lowest BCUT2D eigenvalue weighted by Crippen LogP contribution is -2.34. The average Bonchev–Trinajstić information content (AvgIpc) is 2.45. The van der Waals surface area contributed by atoms with Crippen LogP contribution in [0.4, 0.5) is 0 Å². The number of hydrogen-bond donors (Lipinski definition) is 2. The highest BCUT2D eigenvalue weighted by molar-refractivity contribution is 7.89. The molecule has 114 valence electrons. The molecule has 0 bridgehead atoms. The van der Waals surface area contributed by atoms with Crippen molar-refractivity contribution in [1.82, 2.24) is 9.62 Å². The van der Waals surface area contributed by atoms with Crippen LogP contribution in [0.5, 0.6) is 0 Å². The van der Waals surface area contributed by atoms with E-state index in [0.717, 1.165) is 4.31 Å². The van der Waals surface area contributed by atoms with Crippen molar-refractivity contribution in [2.24, 2.45) is 0 Å². The minimum absolute atomic E-state index is 0.0150. The molecule has 0 radical (unpaired) electrons. The Morgan fingerprint density at radius 2 is 2.00 bits per heavy atom. The first-order valence-electron chi connectivity index (χ1n) is 6.25. The summed E-state index contributed by atoms with van der Waals surface area (Å²) in [5.74, 6) is 4.59. The van der Waals surface area contributed by atoms with Gasteiger partial charge in [-0.15, -0.1) is 0 Å². The summed E-state index contributed by atoms with van der Waals surface area (Å²) in [6.07, 6.45) is 0. The van der Waals surface area contributed by atoms with Gasteiger partial charge in [0, 0.05) is 26.2 Å². The van der Waals surface area contributed by atoms with Crippen LogP contribution in [-0.4, -0.2) is 56.7 Å². The Balaban J connectivity index is 2.73. The fourth-order valence-corrected chi connectivity index (χ4v) is 2.22. The molecule has 0 aliphatic carbocycles. The van der Waals surface area contributed by atoms with Gasteiger partial charge in [-0.05, 0) is 12.1 Å². The Kier molecular flexibility index (Phi) is 6.37. The van der Waals surface area contributed by atoms with E-state index in [9.17, 15) is 13.2 Å². The van der Waals surface area contributed by atoms with Gasteiger partial charge in [0.1, 0.15) is 6.61 Å². The van der Waals surface area contributed by atoms with E-state index in [2.05, 4.69) is 17.2 Å². The lowest BCUT2D eigenvalue weighted by molar-refractivity contribution is 0.0956. The number of carbonyl (C=O) groups excluding carboxylic acids is 1. The predicted molar refractivity (Wildman–Crippen MR) is 80.2 cm³/mol. The van der Waals surface area contributed by atoms with E-state index in [-0.39, 0.29) is 18.9 Å². The maximum Gasteiger partial charge on any atom is 0.252 e. The van der Waals surface area contributed by atoms with Gasteiger partial charge in [0.05, 0.1) is 11.3 Å². The zero-order valence-electron chi connectivity index (χ0n) is 12.0. The van der Waals surface area contributed by atoms with Crippen molar-refractivity contribution in [2.75, 3.05) is 33.0 Å². The second kappa shape index (κ2) is 7.78. The number of nitrogens with zero attached hydrogens (tertiary/aromatic N) is 1. The van der Waals surface area contributed by atoms with Gasteiger partial charge >= 0.3 is 0 Å². The highest BCUT2D eigenvalue weighted by atomic mass is 32.2. The molecule has 0 spiro atoms. The highest BCUT2D eigenvalue weighted by Gasteiger charge is 2.15. The maximum atomic E-state index is 12.0. The van der Waals surface area contributed by atoms with Crippen LogP contribution in [-0.2, 0) is 10.0 Å². The van der Waals surface area contributed by atoms with Crippen molar-refractivity contribution in [1.29, 1.82) is 0 Å². The summed E-state index contributed by atoms with van der Waals surface area (Å²) in [6.45, 7) is -0.280. The van der Waals surface area contributed by atoms with Gasteiger partial charge in [-0.3, -0.25) is 4.79 Å². The monoisotopic (exact) mass is 310 g/mol. The molecule has 1 aromatic rings. The Hall–Kier alpha value is -1.88. The molecule has 0 aliphatic rings. The Morgan fingerprint density at radius 1 is 1.33 bits per heavy atom. The molecule has 2 N–H and O–H groups in total. The largest absolute Gasteiger partial charge is 0.384 e. The number of sulfonamides is 1. The zero-order valence-corrected chi connectivity index (χ0v) is 12.8. The first-order valence-corrected chi connectivity index (χ1v) is 7.86. The second-order valence-electron chi connectivity index (χ2n) is 4.36. The number of amides is 1. The summed E-state index contributed by atoms with van der Waals surface area (Å²) in [6, 6.07) is 6.68. The average molecular weight is 310 g/mol. The standard InChI is InChI=1S/C14H18N2O4S/c1-16(2)21(19,20)11-9-15-14(18)13-8-4-3-6-12(13)7-5-10-17/h3-4,6,8,17H,9-11H2,1-2H3,(H,15,18). The Labute approximate surface area is 124 Å². The molecule has 1 aromatic carbocycles. The predicted octanol–water partition coefficient (Wildman–Crippen LogP) is -0.348. The summed E-state index contributed by atoms with van der Waals surface area (Å²) < 4.78 is 24.3. The summed E-state index contributed by atoms with van der Waals surface area (Å²) in [4.78, 5) is 12.0. The van der Waals surface area contributed by atoms with Gasteiger partial charge in [0.25, 0.3) is 5.91 Å². The van der Waals surface area contributed by atoms with E-state index in [1.807, 2.05) is 0 Å². The Bertz CT molecular complexity index is 657. The number of aliphatic hydroxyl groups is 1. The summed E-state index contributed by atoms with van der Waals surface area (Å²) in [5.41, 5.74) is 0.834. The fraction of sp³-hybridized carbons (Fsp3) is 0.357. The molecule has 7 heteroatoms. The van der Waals surface area contributed by atoms with Gasteiger partial charge in [0.15, 0.2) is 0 Å². The van der Waals surface area contributed by atoms with E-state index in [1.165, 1.54) is 14.1 Å². The smallest absolute Gasteiger partial charge is 0.252 e. The maximum absolute atomic E-state index is 12.0. The van der Waals surface area contributed by atoms with Crippen LogP contribution in [0.3, 0.4) is 0 Å². The van der Waals surface area contributed by atoms with Gasteiger partial charge in [0.2, 0.25) is 10.0 Å². The van der Waals surface area contributed by atoms with E-state index >= 15 is 0 Å². The lowest BCUT2D eigenvalue weighted by atomic mass is 10.1. The number of nitrogens with one attached hydrogen (secondary N) is 1. The van der Waals surface area contributed by atoms with Crippen LogP contribution in [0.15, 0.2) is 24.3 Å². The van der Waals surface area contributed by atoms with Crippen LogP contribution < -0.4 is 5.32 Å².